The molecule has 2 atom stereocenters. The second kappa shape index (κ2) is 4.23. The quantitative estimate of drug-likeness (QED) is 0.754. The van der Waals surface area contributed by atoms with Crippen LogP contribution in [0.25, 0.3) is 0 Å². The van der Waals surface area contributed by atoms with Gasteiger partial charge in [-0.15, -0.1) is 0 Å². The van der Waals surface area contributed by atoms with Crippen molar-refractivity contribution in [3.8, 4) is 0 Å². The predicted molar refractivity (Wildman–Crippen MR) is 53.8 cm³/mol. The van der Waals surface area contributed by atoms with Crippen molar-refractivity contribution in [2.45, 2.75) is 25.0 Å². The Bertz CT molecular complexity index is 365. The Morgan fingerprint density at radius 1 is 1.81 bits per heavy atom. The molecule has 1 aliphatic rings. The first-order valence-corrected chi connectivity index (χ1v) is 5.14. The maximum Gasteiger partial charge on any atom is 0.273 e. The number of carbonyl (C=O) groups is 1. The highest BCUT2D eigenvalue weighted by molar-refractivity contribution is 5.91. The van der Waals surface area contributed by atoms with Gasteiger partial charge < -0.3 is 19.7 Å². The summed E-state index contributed by atoms with van der Waals surface area (Å²) in [7, 11) is 0. The van der Waals surface area contributed by atoms with Crippen LogP contribution in [0.1, 0.15) is 23.8 Å². The van der Waals surface area contributed by atoms with Gasteiger partial charge >= 0.3 is 0 Å². The lowest BCUT2D eigenvalue weighted by molar-refractivity contribution is -0.0252. The number of nitrogens with one attached hydrogen (secondary N) is 1. The van der Waals surface area contributed by atoms with Crippen molar-refractivity contribution < 1.29 is 19.2 Å². The Morgan fingerprint density at radius 2 is 2.62 bits per heavy atom. The Morgan fingerprint density at radius 3 is 3.19 bits per heavy atom. The maximum absolute atomic E-state index is 11.5. The first-order chi connectivity index (χ1) is 7.62. The van der Waals surface area contributed by atoms with E-state index in [0.29, 0.717) is 13.0 Å². The highest BCUT2D eigenvalue weighted by Gasteiger charge is 2.39. The largest absolute Gasteiger partial charge is 0.385 e. The molecule has 1 fully saturated rings. The predicted octanol–water partition coefficient (Wildman–Crippen LogP) is -0.0557. The molecule has 1 aromatic heterocycles. The van der Waals surface area contributed by atoms with E-state index >= 15 is 0 Å². The van der Waals surface area contributed by atoms with Gasteiger partial charge in [-0.2, -0.15) is 0 Å². The first kappa shape index (κ1) is 11.1. The second-order valence-corrected chi connectivity index (χ2v) is 3.93. The monoisotopic (exact) mass is 226 g/mol. The van der Waals surface area contributed by atoms with Gasteiger partial charge in [-0.25, -0.2) is 0 Å². The van der Waals surface area contributed by atoms with Crippen LogP contribution < -0.4 is 5.32 Å². The molecule has 0 aliphatic carbocycles. The maximum atomic E-state index is 11.5. The number of amides is 1. The molecule has 16 heavy (non-hydrogen) atoms. The summed E-state index contributed by atoms with van der Waals surface area (Å²) >= 11 is 0. The molecule has 6 nitrogen and oxygen atoms in total. The fraction of sp³-hybridized carbons (Fsp3) is 0.600. The number of hydrogen-bond acceptors (Lipinski definition) is 5. The average molecular weight is 226 g/mol. The molecule has 0 radical (unpaired) electrons. The first-order valence-electron chi connectivity index (χ1n) is 5.14. The smallest absolute Gasteiger partial charge is 0.273 e. The molecule has 1 amide bonds. The molecule has 1 aliphatic heterocycles. The lowest BCUT2D eigenvalue weighted by atomic mass is 9.97. The molecule has 2 heterocycles. The van der Waals surface area contributed by atoms with Gasteiger partial charge in [0.05, 0.1) is 6.10 Å². The number of hydrogen-bond donors (Lipinski definition) is 2. The van der Waals surface area contributed by atoms with Crippen LogP contribution in [0.3, 0.4) is 0 Å². The third kappa shape index (κ3) is 2.07. The lowest BCUT2D eigenvalue weighted by Crippen LogP contribution is -2.47. The number of aliphatic hydroxyl groups is 1. The van der Waals surface area contributed by atoms with Gasteiger partial charge in [0.25, 0.3) is 5.91 Å². The van der Waals surface area contributed by atoms with Gasteiger partial charge in [-0.1, -0.05) is 5.16 Å². The van der Waals surface area contributed by atoms with Gasteiger partial charge in [0.1, 0.15) is 11.9 Å². The van der Waals surface area contributed by atoms with Crippen LogP contribution in [-0.4, -0.2) is 41.0 Å². The lowest BCUT2D eigenvalue weighted by Gasteiger charge is -2.25. The van der Waals surface area contributed by atoms with Crippen LogP contribution in [0.4, 0.5) is 0 Å². The molecule has 1 saturated heterocycles. The number of ether oxygens (including phenoxy) is 1. The van der Waals surface area contributed by atoms with E-state index in [9.17, 15) is 9.90 Å². The molecular formula is C10H14N2O4. The van der Waals surface area contributed by atoms with Gasteiger partial charge in [-0.3, -0.25) is 4.79 Å². The minimum atomic E-state index is -0.987. The standard InChI is InChI=1S/C10H14N2O4/c1-7-10(14,3-5-15-7)6-11-9(13)8-2-4-16-12-8/h2,4,7,14H,3,5-6H2,1H3,(H,11,13). The van der Waals surface area contributed by atoms with Gasteiger partial charge in [0, 0.05) is 25.6 Å². The Balaban J connectivity index is 1.90. The SMILES string of the molecule is CC1OCCC1(O)CNC(=O)c1ccon1. The third-order valence-electron chi connectivity index (χ3n) is 2.89. The van der Waals surface area contributed by atoms with Crippen molar-refractivity contribution in [1.82, 2.24) is 10.5 Å². The van der Waals surface area contributed by atoms with Crippen molar-refractivity contribution in [2.75, 3.05) is 13.2 Å². The van der Waals surface area contributed by atoms with E-state index in [1.807, 2.05) is 0 Å². The zero-order valence-electron chi connectivity index (χ0n) is 8.97. The van der Waals surface area contributed by atoms with Gasteiger partial charge in [0.2, 0.25) is 0 Å². The van der Waals surface area contributed by atoms with Crippen molar-refractivity contribution in [2.24, 2.45) is 0 Å². The number of rotatable bonds is 3. The van der Waals surface area contributed by atoms with Crippen LogP contribution in [-0.2, 0) is 4.74 Å². The van der Waals surface area contributed by atoms with Gasteiger partial charge in [-0.05, 0) is 6.92 Å². The Labute approximate surface area is 92.6 Å². The molecular weight excluding hydrogens is 212 g/mol. The molecule has 0 spiro atoms. The van der Waals surface area contributed by atoms with Gasteiger partial charge in [0.15, 0.2) is 5.69 Å². The molecule has 1 aromatic rings. The van der Waals surface area contributed by atoms with Crippen LogP contribution >= 0.6 is 0 Å². The van der Waals surface area contributed by atoms with Crippen LogP contribution in [0.5, 0.6) is 0 Å². The zero-order chi connectivity index (χ0) is 11.6. The molecule has 6 heteroatoms. The molecule has 0 saturated carbocycles. The Hall–Kier alpha value is -1.40. The molecule has 2 rings (SSSR count). The molecule has 0 bridgehead atoms. The summed E-state index contributed by atoms with van der Waals surface area (Å²) in [6, 6.07) is 1.47. The number of carbonyl (C=O) groups excluding carboxylic acids is 1. The minimum absolute atomic E-state index is 0.153. The summed E-state index contributed by atoms with van der Waals surface area (Å²) in [4.78, 5) is 11.5. The fourth-order valence-electron chi connectivity index (χ4n) is 1.66. The van der Waals surface area contributed by atoms with E-state index < -0.39 is 5.60 Å². The highest BCUT2D eigenvalue weighted by atomic mass is 16.5. The van der Waals surface area contributed by atoms with Crippen molar-refractivity contribution in [3.05, 3.63) is 18.0 Å². The average Bonchev–Trinajstić information content (AvgIpc) is 2.87. The summed E-state index contributed by atoms with van der Waals surface area (Å²) in [5, 5.41) is 16.2. The molecule has 2 unspecified atom stereocenters. The van der Waals surface area contributed by atoms with Crippen molar-refractivity contribution >= 4 is 5.91 Å². The summed E-state index contributed by atoms with van der Waals surface area (Å²) in [6.07, 6.45) is 1.57. The molecule has 88 valence electrons. The van der Waals surface area contributed by atoms with Crippen LogP contribution in [0.15, 0.2) is 16.9 Å². The highest BCUT2D eigenvalue weighted by Crippen LogP contribution is 2.24. The van der Waals surface area contributed by atoms with E-state index in [1.54, 1.807) is 6.92 Å². The van der Waals surface area contributed by atoms with E-state index in [4.69, 9.17) is 4.74 Å². The number of nitrogens with zero attached hydrogens (tertiary/aromatic N) is 1. The minimum Gasteiger partial charge on any atom is -0.385 e. The van der Waals surface area contributed by atoms with Crippen molar-refractivity contribution in [3.63, 3.8) is 0 Å². The fourth-order valence-corrected chi connectivity index (χ4v) is 1.66. The zero-order valence-corrected chi connectivity index (χ0v) is 8.97. The molecule has 0 aromatic carbocycles. The van der Waals surface area contributed by atoms with E-state index in [-0.39, 0.29) is 24.2 Å². The summed E-state index contributed by atoms with van der Waals surface area (Å²) in [5.74, 6) is -0.360. The van der Waals surface area contributed by atoms with Crippen LogP contribution in [0.2, 0.25) is 0 Å². The summed E-state index contributed by atoms with van der Waals surface area (Å²) in [6.45, 7) is 2.45. The van der Waals surface area contributed by atoms with E-state index in [0.717, 1.165) is 0 Å². The second-order valence-electron chi connectivity index (χ2n) is 3.93. The summed E-state index contributed by atoms with van der Waals surface area (Å²) in [5.41, 5.74) is -0.783. The summed E-state index contributed by atoms with van der Waals surface area (Å²) < 4.78 is 9.81. The topological polar surface area (TPSA) is 84.6 Å². The van der Waals surface area contributed by atoms with Crippen LogP contribution in [0, 0.1) is 0 Å². The van der Waals surface area contributed by atoms with Crippen molar-refractivity contribution in [1.29, 1.82) is 0 Å². The number of aromatic nitrogens is 1. The van der Waals surface area contributed by atoms with E-state index in [2.05, 4.69) is 15.0 Å². The van der Waals surface area contributed by atoms with E-state index in [1.165, 1.54) is 12.3 Å². The third-order valence-corrected chi connectivity index (χ3v) is 2.89. The normalized spacial score (nSPS) is 29.2. The Kier molecular flexibility index (Phi) is 2.93. The molecule has 2 N–H and O–H groups in total.